The van der Waals surface area contributed by atoms with Crippen molar-refractivity contribution in [2.45, 2.75) is 6.61 Å². The average Bonchev–Trinajstić information content (AvgIpc) is 2.88. The van der Waals surface area contributed by atoms with Crippen LogP contribution in [0.2, 0.25) is 0 Å². The second-order valence-corrected chi connectivity index (χ2v) is 5.18. The van der Waals surface area contributed by atoms with Gasteiger partial charge >= 0.3 is 5.97 Å². The summed E-state index contributed by atoms with van der Waals surface area (Å²) in [4.78, 5) is 18.6. The molecule has 2 rings (SSSR count). The molecule has 0 bridgehead atoms. The van der Waals surface area contributed by atoms with Gasteiger partial charge in [-0.05, 0) is 18.2 Å². The average molecular weight is 277 g/mol. The van der Waals surface area contributed by atoms with Crippen LogP contribution < -0.4 is 10.6 Å². The molecule has 0 radical (unpaired) electrons. The van der Waals surface area contributed by atoms with Gasteiger partial charge in [0.05, 0.1) is 27.3 Å². The molecule has 5 nitrogen and oxygen atoms in total. The molecular weight excluding hydrogens is 262 g/mol. The smallest absolute Gasteiger partial charge is 0.338 e. The lowest BCUT2D eigenvalue weighted by Gasteiger charge is -2.15. The zero-order chi connectivity index (χ0) is 13.8. The number of carbonyl (C=O) groups excluding carboxylic acids is 1. The summed E-state index contributed by atoms with van der Waals surface area (Å²) in [6, 6.07) is 5.14. The number of rotatable bonds is 4. The second kappa shape index (κ2) is 5.71. The summed E-state index contributed by atoms with van der Waals surface area (Å²) in [5.74, 6) is -0.384. The maximum atomic E-state index is 11.9. The standard InChI is InChI=1S/C13H15N3O2S/c1-16(2)12-4-3-9(5-11(12)14)13(17)18-7-10-6-15-8-19-10/h3-6,8H,7,14H2,1-2H3. The Bertz CT molecular complexity index is 567. The largest absolute Gasteiger partial charge is 0.456 e. The van der Waals surface area contributed by atoms with Gasteiger partial charge in [-0.15, -0.1) is 11.3 Å². The molecule has 0 saturated carbocycles. The van der Waals surface area contributed by atoms with Crippen LogP contribution in [0.4, 0.5) is 11.4 Å². The lowest BCUT2D eigenvalue weighted by Crippen LogP contribution is -2.12. The van der Waals surface area contributed by atoms with E-state index >= 15 is 0 Å². The maximum Gasteiger partial charge on any atom is 0.338 e. The molecule has 0 fully saturated rings. The molecule has 19 heavy (non-hydrogen) atoms. The van der Waals surface area contributed by atoms with Crippen molar-refractivity contribution in [1.29, 1.82) is 0 Å². The molecule has 0 atom stereocenters. The first-order chi connectivity index (χ1) is 9.08. The predicted octanol–water partition coefficient (Wildman–Crippen LogP) is 2.15. The van der Waals surface area contributed by atoms with Gasteiger partial charge in [0.1, 0.15) is 6.61 Å². The van der Waals surface area contributed by atoms with Crippen molar-refractivity contribution >= 4 is 28.7 Å². The topological polar surface area (TPSA) is 68.5 Å². The number of carbonyl (C=O) groups is 1. The quantitative estimate of drug-likeness (QED) is 0.685. The van der Waals surface area contributed by atoms with Crippen molar-refractivity contribution < 1.29 is 9.53 Å². The summed E-state index contributed by atoms with van der Waals surface area (Å²) in [6.45, 7) is 0.235. The Kier molecular flexibility index (Phi) is 4.01. The van der Waals surface area contributed by atoms with E-state index in [-0.39, 0.29) is 12.6 Å². The minimum Gasteiger partial charge on any atom is -0.456 e. The van der Waals surface area contributed by atoms with Crippen molar-refractivity contribution in [2.75, 3.05) is 24.7 Å². The van der Waals surface area contributed by atoms with Crippen LogP contribution in [-0.4, -0.2) is 25.0 Å². The van der Waals surface area contributed by atoms with Gasteiger partial charge in [-0.3, -0.25) is 4.98 Å². The highest BCUT2D eigenvalue weighted by Crippen LogP contribution is 2.23. The first-order valence-corrected chi connectivity index (χ1v) is 6.57. The van der Waals surface area contributed by atoms with E-state index in [2.05, 4.69) is 4.98 Å². The molecular formula is C13H15N3O2S. The van der Waals surface area contributed by atoms with Crippen LogP contribution in [0, 0.1) is 0 Å². The van der Waals surface area contributed by atoms with Crippen LogP contribution in [0.1, 0.15) is 15.2 Å². The number of ether oxygens (including phenoxy) is 1. The summed E-state index contributed by atoms with van der Waals surface area (Å²) < 4.78 is 5.19. The second-order valence-electron chi connectivity index (χ2n) is 4.21. The molecule has 0 aliphatic rings. The number of aromatic nitrogens is 1. The van der Waals surface area contributed by atoms with E-state index in [0.29, 0.717) is 11.3 Å². The van der Waals surface area contributed by atoms with Crippen molar-refractivity contribution in [3.05, 3.63) is 40.3 Å². The van der Waals surface area contributed by atoms with Gasteiger partial charge in [0.2, 0.25) is 0 Å². The molecule has 0 amide bonds. The first kappa shape index (κ1) is 13.4. The molecule has 0 spiro atoms. The Morgan fingerprint density at radius 3 is 2.84 bits per heavy atom. The van der Waals surface area contributed by atoms with Crippen LogP contribution in [0.25, 0.3) is 0 Å². The molecule has 1 aromatic carbocycles. The van der Waals surface area contributed by atoms with Gasteiger partial charge in [-0.2, -0.15) is 0 Å². The van der Waals surface area contributed by atoms with Gasteiger partial charge in [-0.1, -0.05) is 0 Å². The highest BCUT2D eigenvalue weighted by molar-refractivity contribution is 7.09. The van der Waals surface area contributed by atoms with E-state index < -0.39 is 0 Å². The van der Waals surface area contributed by atoms with Gasteiger partial charge in [-0.25, -0.2) is 4.79 Å². The number of anilines is 2. The summed E-state index contributed by atoms with van der Waals surface area (Å²) in [5.41, 5.74) is 9.47. The van der Waals surface area contributed by atoms with Crippen LogP contribution in [-0.2, 0) is 11.3 Å². The van der Waals surface area contributed by atoms with E-state index in [0.717, 1.165) is 10.6 Å². The van der Waals surface area contributed by atoms with E-state index in [1.165, 1.54) is 11.3 Å². The predicted molar refractivity (Wildman–Crippen MR) is 76.4 cm³/mol. The van der Waals surface area contributed by atoms with Crippen LogP contribution >= 0.6 is 11.3 Å². The van der Waals surface area contributed by atoms with E-state index in [1.54, 1.807) is 29.9 Å². The Morgan fingerprint density at radius 1 is 1.47 bits per heavy atom. The van der Waals surface area contributed by atoms with E-state index in [1.807, 2.05) is 19.0 Å². The normalized spacial score (nSPS) is 10.2. The molecule has 0 saturated heterocycles. The molecule has 100 valence electrons. The zero-order valence-corrected chi connectivity index (χ0v) is 11.6. The fraction of sp³-hybridized carbons (Fsp3) is 0.231. The zero-order valence-electron chi connectivity index (χ0n) is 10.8. The third-order valence-corrected chi connectivity index (χ3v) is 3.33. The minimum atomic E-state index is -0.384. The molecule has 1 heterocycles. The number of esters is 1. The van der Waals surface area contributed by atoms with Gasteiger partial charge < -0.3 is 15.4 Å². The van der Waals surface area contributed by atoms with Gasteiger partial charge in [0, 0.05) is 20.3 Å². The van der Waals surface area contributed by atoms with E-state index in [9.17, 15) is 4.79 Å². The van der Waals surface area contributed by atoms with Crippen LogP contribution in [0.3, 0.4) is 0 Å². The fourth-order valence-electron chi connectivity index (χ4n) is 1.62. The minimum absolute atomic E-state index is 0.235. The van der Waals surface area contributed by atoms with E-state index in [4.69, 9.17) is 10.5 Å². The molecule has 2 N–H and O–H groups in total. The summed E-state index contributed by atoms with van der Waals surface area (Å²) in [7, 11) is 3.79. The Morgan fingerprint density at radius 2 is 2.26 bits per heavy atom. The highest BCUT2D eigenvalue weighted by Gasteiger charge is 2.11. The number of benzene rings is 1. The summed E-state index contributed by atoms with van der Waals surface area (Å²) in [5, 5.41) is 0. The van der Waals surface area contributed by atoms with Crippen LogP contribution in [0.5, 0.6) is 0 Å². The molecule has 2 aromatic rings. The third kappa shape index (κ3) is 3.23. The number of hydrogen-bond donors (Lipinski definition) is 1. The van der Waals surface area contributed by atoms with Crippen molar-refractivity contribution in [2.24, 2.45) is 0 Å². The monoisotopic (exact) mass is 277 g/mol. The van der Waals surface area contributed by atoms with Crippen molar-refractivity contribution in [1.82, 2.24) is 4.98 Å². The Labute approximate surface area is 115 Å². The maximum absolute atomic E-state index is 11.9. The molecule has 1 aromatic heterocycles. The summed E-state index contributed by atoms with van der Waals surface area (Å²) in [6.07, 6.45) is 1.68. The lowest BCUT2D eigenvalue weighted by molar-refractivity contribution is 0.0476. The number of nitrogens with zero attached hydrogens (tertiary/aromatic N) is 2. The highest BCUT2D eigenvalue weighted by atomic mass is 32.1. The molecule has 0 unspecified atom stereocenters. The third-order valence-electron chi connectivity index (χ3n) is 2.57. The number of nitrogen functional groups attached to an aromatic ring is 1. The molecule has 6 heteroatoms. The number of hydrogen-bond acceptors (Lipinski definition) is 6. The molecule has 0 aliphatic carbocycles. The van der Waals surface area contributed by atoms with Gasteiger partial charge in [0.15, 0.2) is 0 Å². The SMILES string of the molecule is CN(C)c1ccc(C(=O)OCc2cncs2)cc1N. The number of thiazole rings is 1. The Hall–Kier alpha value is -2.08. The molecule has 0 aliphatic heterocycles. The van der Waals surface area contributed by atoms with Gasteiger partial charge in [0.25, 0.3) is 0 Å². The summed E-state index contributed by atoms with van der Waals surface area (Å²) >= 11 is 1.45. The Balaban J connectivity index is 2.05. The van der Waals surface area contributed by atoms with Crippen molar-refractivity contribution in [3.63, 3.8) is 0 Å². The first-order valence-electron chi connectivity index (χ1n) is 5.69. The van der Waals surface area contributed by atoms with Crippen LogP contribution in [0.15, 0.2) is 29.9 Å². The fourth-order valence-corrected chi connectivity index (χ4v) is 2.13. The number of nitrogens with two attached hydrogens (primary N) is 1. The van der Waals surface area contributed by atoms with Crippen molar-refractivity contribution in [3.8, 4) is 0 Å². The lowest BCUT2D eigenvalue weighted by atomic mass is 10.1.